The summed E-state index contributed by atoms with van der Waals surface area (Å²) >= 11 is 0. The molecule has 1 aliphatic carbocycles. The summed E-state index contributed by atoms with van der Waals surface area (Å²) in [6.07, 6.45) is 5.01. The van der Waals surface area contributed by atoms with Crippen LogP contribution < -0.4 is 5.73 Å². The summed E-state index contributed by atoms with van der Waals surface area (Å²) in [7, 11) is 0. The van der Waals surface area contributed by atoms with Gasteiger partial charge in [-0.1, -0.05) is 18.2 Å². The largest absolute Gasteiger partial charge is 0.384 e. The van der Waals surface area contributed by atoms with Crippen molar-refractivity contribution in [3.05, 3.63) is 24.3 Å². The van der Waals surface area contributed by atoms with E-state index in [9.17, 15) is 0 Å². The van der Waals surface area contributed by atoms with Gasteiger partial charge in [-0.25, -0.2) is 0 Å². The van der Waals surface area contributed by atoms with E-state index in [1.165, 1.54) is 12.2 Å². The lowest BCUT2D eigenvalue weighted by atomic mass is 10.0. The molecule has 2 unspecified atom stereocenters. The van der Waals surface area contributed by atoms with Crippen LogP contribution in [0.5, 0.6) is 0 Å². The molecule has 0 spiro atoms. The molecule has 0 saturated carbocycles. The number of rotatable bonds is 0. The highest BCUT2D eigenvalue weighted by atomic mass is 16.4. The number of nitrogens with two attached hydrogens (primary N) is 1. The summed E-state index contributed by atoms with van der Waals surface area (Å²) in [6.45, 7) is 0. The number of hydrogen-bond acceptors (Lipinski definition) is 3. The SMILES string of the molecule is NC1(O)C=CC=CC1O. The summed E-state index contributed by atoms with van der Waals surface area (Å²) in [5, 5.41) is 18.0. The van der Waals surface area contributed by atoms with E-state index < -0.39 is 11.8 Å². The molecule has 0 aliphatic heterocycles. The van der Waals surface area contributed by atoms with Crippen molar-refractivity contribution in [2.24, 2.45) is 5.73 Å². The first-order chi connectivity index (χ1) is 4.13. The third-order valence-corrected chi connectivity index (χ3v) is 1.24. The van der Waals surface area contributed by atoms with Gasteiger partial charge in [0.25, 0.3) is 0 Å². The molecule has 0 saturated heterocycles. The Hall–Kier alpha value is -0.640. The van der Waals surface area contributed by atoms with Crippen LogP contribution in [0.1, 0.15) is 0 Å². The predicted octanol–water partition coefficient (Wildman–Crippen LogP) is -0.879. The lowest BCUT2D eigenvalue weighted by molar-refractivity contribution is -0.0103. The van der Waals surface area contributed by atoms with Gasteiger partial charge in [-0.3, -0.25) is 5.73 Å². The first-order valence-electron chi connectivity index (χ1n) is 2.68. The maximum atomic E-state index is 9.03. The highest BCUT2D eigenvalue weighted by molar-refractivity contribution is 5.20. The minimum atomic E-state index is -1.57. The summed E-state index contributed by atoms with van der Waals surface area (Å²) in [4.78, 5) is 0. The van der Waals surface area contributed by atoms with Crippen LogP contribution >= 0.6 is 0 Å². The molecule has 0 heterocycles. The van der Waals surface area contributed by atoms with Crippen LogP contribution in [0.25, 0.3) is 0 Å². The first-order valence-corrected chi connectivity index (χ1v) is 2.68. The van der Waals surface area contributed by atoms with Crippen molar-refractivity contribution in [1.82, 2.24) is 0 Å². The maximum absolute atomic E-state index is 9.03. The van der Waals surface area contributed by atoms with Gasteiger partial charge in [0.1, 0.15) is 6.10 Å². The van der Waals surface area contributed by atoms with E-state index in [0.717, 1.165) is 0 Å². The summed E-state index contributed by atoms with van der Waals surface area (Å²) < 4.78 is 0. The Balaban J connectivity index is 2.78. The van der Waals surface area contributed by atoms with Gasteiger partial charge in [-0.05, 0) is 6.08 Å². The second-order valence-electron chi connectivity index (χ2n) is 2.08. The average molecular weight is 127 g/mol. The van der Waals surface area contributed by atoms with Crippen molar-refractivity contribution < 1.29 is 10.2 Å². The molecule has 0 bridgehead atoms. The second kappa shape index (κ2) is 1.95. The van der Waals surface area contributed by atoms with Crippen LogP contribution in [0.4, 0.5) is 0 Å². The molecule has 0 radical (unpaired) electrons. The predicted molar refractivity (Wildman–Crippen MR) is 33.4 cm³/mol. The van der Waals surface area contributed by atoms with Crippen LogP contribution in [-0.4, -0.2) is 22.0 Å². The minimum absolute atomic E-state index is 0.984. The number of aliphatic hydroxyl groups is 2. The zero-order valence-electron chi connectivity index (χ0n) is 4.86. The fourth-order valence-corrected chi connectivity index (χ4v) is 0.632. The highest BCUT2D eigenvalue weighted by Gasteiger charge is 2.26. The van der Waals surface area contributed by atoms with E-state index >= 15 is 0 Å². The number of aliphatic hydroxyl groups excluding tert-OH is 1. The molecule has 9 heavy (non-hydrogen) atoms. The number of allylic oxidation sites excluding steroid dienone is 2. The monoisotopic (exact) mass is 127 g/mol. The normalized spacial score (nSPS) is 41.4. The topological polar surface area (TPSA) is 66.5 Å². The number of hydrogen-bond donors (Lipinski definition) is 3. The van der Waals surface area contributed by atoms with Crippen molar-refractivity contribution >= 4 is 0 Å². The molecule has 0 amide bonds. The fraction of sp³-hybridized carbons (Fsp3) is 0.333. The van der Waals surface area contributed by atoms with Crippen LogP contribution in [-0.2, 0) is 0 Å². The lowest BCUT2D eigenvalue weighted by Crippen LogP contribution is -2.48. The van der Waals surface area contributed by atoms with Gasteiger partial charge >= 0.3 is 0 Å². The fourth-order valence-electron chi connectivity index (χ4n) is 0.632. The van der Waals surface area contributed by atoms with E-state index in [-0.39, 0.29) is 0 Å². The van der Waals surface area contributed by atoms with Gasteiger partial charge in [-0.2, -0.15) is 0 Å². The average Bonchev–Trinajstić information content (AvgIpc) is 1.77. The maximum Gasteiger partial charge on any atom is 0.162 e. The molecule has 50 valence electrons. The Kier molecular flexibility index (Phi) is 1.40. The molecule has 2 atom stereocenters. The Labute approximate surface area is 53.1 Å². The van der Waals surface area contributed by atoms with E-state index in [2.05, 4.69) is 0 Å². The standard InChI is InChI=1S/C6H9NO2/c7-6(9)4-2-1-3-5(6)8/h1-5,8-9H,7H2. The zero-order valence-corrected chi connectivity index (χ0v) is 4.86. The first kappa shape index (κ1) is 6.48. The van der Waals surface area contributed by atoms with Crippen LogP contribution in [0.15, 0.2) is 24.3 Å². The molecule has 4 N–H and O–H groups in total. The van der Waals surface area contributed by atoms with Crippen molar-refractivity contribution in [1.29, 1.82) is 0 Å². The smallest absolute Gasteiger partial charge is 0.162 e. The quantitative estimate of drug-likeness (QED) is 0.370. The summed E-state index contributed by atoms with van der Waals surface area (Å²) in [5.41, 5.74) is 3.61. The van der Waals surface area contributed by atoms with Gasteiger partial charge < -0.3 is 10.2 Å². The van der Waals surface area contributed by atoms with Crippen molar-refractivity contribution in [3.8, 4) is 0 Å². The molecule has 0 aromatic heterocycles. The van der Waals surface area contributed by atoms with Crippen molar-refractivity contribution in [3.63, 3.8) is 0 Å². The highest BCUT2D eigenvalue weighted by Crippen LogP contribution is 2.10. The van der Waals surface area contributed by atoms with Crippen LogP contribution in [0.3, 0.4) is 0 Å². The van der Waals surface area contributed by atoms with Crippen molar-refractivity contribution in [2.75, 3.05) is 0 Å². The van der Waals surface area contributed by atoms with E-state index in [1.54, 1.807) is 12.2 Å². The molecule has 3 nitrogen and oxygen atoms in total. The minimum Gasteiger partial charge on any atom is -0.384 e. The van der Waals surface area contributed by atoms with Crippen LogP contribution in [0, 0.1) is 0 Å². The molecule has 1 rings (SSSR count). The third kappa shape index (κ3) is 1.18. The Morgan fingerprint density at radius 2 is 2.11 bits per heavy atom. The Morgan fingerprint density at radius 1 is 1.44 bits per heavy atom. The Bertz CT molecular complexity index is 160. The summed E-state index contributed by atoms with van der Waals surface area (Å²) in [6, 6.07) is 0. The van der Waals surface area contributed by atoms with Gasteiger partial charge in [0.15, 0.2) is 5.72 Å². The summed E-state index contributed by atoms with van der Waals surface area (Å²) in [5.74, 6) is 0. The van der Waals surface area contributed by atoms with E-state index in [0.29, 0.717) is 0 Å². The van der Waals surface area contributed by atoms with E-state index in [4.69, 9.17) is 15.9 Å². The molecule has 3 heteroatoms. The molecular weight excluding hydrogens is 118 g/mol. The Morgan fingerprint density at radius 3 is 2.44 bits per heavy atom. The van der Waals surface area contributed by atoms with Gasteiger partial charge in [-0.15, -0.1) is 0 Å². The molecule has 0 aromatic carbocycles. The molecule has 1 aliphatic rings. The molecule has 0 fully saturated rings. The molecule has 0 aromatic rings. The van der Waals surface area contributed by atoms with Crippen LogP contribution in [0.2, 0.25) is 0 Å². The third-order valence-electron chi connectivity index (χ3n) is 1.24. The van der Waals surface area contributed by atoms with Gasteiger partial charge in [0.05, 0.1) is 0 Å². The molecular formula is C6H9NO2. The van der Waals surface area contributed by atoms with Crippen molar-refractivity contribution in [2.45, 2.75) is 11.8 Å². The second-order valence-corrected chi connectivity index (χ2v) is 2.08. The lowest BCUT2D eigenvalue weighted by Gasteiger charge is -2.24. The van der Waals surface area contributed by atoms with E-state index in [1.807, 2.05) is 0 Å². The van der Waals surface area contributed by atoms with Gasteiger partial charge in [0, 0.05) is 0 Å². The van der Waals surface area contributed by atoms with Gasteiger partial charge in [0.2, 0.25) is 0 Å². The zero-order chi connectivity index (χ0) is 6.91.